The van der Waals surface area contributed by atoms with Crippen molar-refractivity contribution in [3.8, 4) is 0 Å². The van der Waals surface area contributed by atoms with Gasteiger partial charge in [-0.25, -0.2) is 0 Å². The van der Waals surface area contributed by atoms with Gasteiger partial charge in [0, 0.05) is 49.3 Å². The molecule has 0 saturated carbocycles. The van der Waals surface area contributed by atoms with Crippen LogP contribution < -0.4 is 9.80 Å². The van der Waals surface area contributed by atoms with Crippen LogP contribution >= 0.6 is 0 Å². The molecule has 2 N–H and O–H groups in total. The van der Waals surface area contributed by atoms with Gasteiger partial charge in [0.2, 0.25) is 5.91 Å². The van der Waals surface area contributed by atoms with Gasteiger partial charge in [-0.15, -0.1) is 0 Å². The van der Waals surface area contributed by atoms with Crippen molar-refractivity contribution < 1.29 is 24.2 Å². The molecular weight excluding hydrogens is 376 g/mol. The second kappa shape index (κ2) is 6.38. The van der Waals surface area contributed by atoms with E-state index in [0.29, 0.717) is 19.4 Å². The molecule has 0 aromatic heterocycles. The number of carbonyl (C=O) groups is 2. The quantitative estimate of drug-likeness (QED) is 0.587. The fraction of sp³-hybridized carbons (Fsp3) is 0.600. The van der Waals surface area contributed by atoms with Gasteiger partial charge in [-0.05, 0) is 37.7 Å². The maximum atomic E-state index is 13.4. The molecule has 1 aromatic rings. The first-order valence-corrected chi connectivity index (χ1v) is 12.9. The van der Waals surface area contributed by atoms with Gasteiger partial charge in [-0.1, -0.05) is 6.92 Å². The van der Waals surface area contributed by atoms with Gasteiger partial charge in [0.15, 0.2) is 13.9 Å². The lowest BCUT2D eigenvalue weighted by atomic mass is 9.82. The van der Waals surface area contributed by atoms with E-state index in [2.05, 4.69) is 0 Å². The fourth-order valence-electron chi connectivity index (χ4n) is 5.32. The predicted molar refractivity (Wildman–Crippen MR) is 108 cm³/mol. The summed E-state index contributed by atoms with van der Waals surface area (Å²) in [6.45, 7) is 6.31. The smallest absolute Gasteiger partial charge is 0.264 e. The van der Waals surface area contributed by atoms with Crippen molar-refractivity contribution in [3.63, 3.8) is 0 Å². The second-order valence-electron chi connectivity index (χ2n) is 8.73. The maximum Gasteiger partial charge on any atom is 0.264 e. The SMILES string of the molecule is C[C@H]1[C@H]([Si](C)(C)O)[C@@H](CCO)O[C@]12C(=O)N(C)c1ccc(N3CCC3=O)cc12. The van der Waals surface area contributed by atoms with Crippen LogP contribution in [-0.4, -0.2) is 56.3 Å². The molecule has 2 amide bonds. The largest absolute Gasteiger partial charge is 0.432 e. The van der Waals surface area contributed by atoms with E-state index >= 15 is 0 Å². The third kappa shape index (κ3) is 2.51. The summed E-state index contributed by atoms with van der Waals surface area (Å²) < 4.78 is 6.44. The van der Waals surface area contributed by atoms with Gasteiger partial charge in [0.1, 0.15) is 0 Å². The lowest BCUT2D eigenvalue weighted by molar-refractivity contribution is -0.146. The van der Waals surface area contributed by atoms with Crippen LogP contribution in [0.4, 0.5) is 11.4 Å². The molecule has 28 heavy (non-hydrogen) atoms. The van der Waals surface area contributed by atoms with Crippen molar-refractivity contribution in [2.75, 3.05) is 30.0 Å². The minimum atomic E-state index is -2.67. The summed E-state index contributed by atoms with van der Waals surface area (Å²) in [6.07, 6.45) is 0.535. The van der Waals surface area contributed by atoms with Crippen molar-refractivity contribution in [3.05, 3.63) is 23.8 Å². The van der Waals surface area contributed by atoms with Crippen LogP contribution in [0.5, 0.6) is 0 Å². The average molecular weight is 405 g/mol. The van der Waals surface area contributed by atoms with Gasteiger partial charge >= 0.3 is 0 Å². The summed E-state index contributed by atoms with van der Waals surface area (Å²) in [5.74, 6) is -0.313. The molecule has 4 atom stereocenters. The van der Waals surface area contributed by atoms with Gasteiger partial charge in [-0.2, -0.15) is 0 Å². The van der Waals surface area contributed by atoms with E-state index in [1.54, 1.807) is 16.8 Å². The van der Waals surface area contributed by atoms with Crippen LogP contribution in [0.15, 0.2) is 18.2 Å². The first-order chi connectivity index (χ1) is 13.1. The van der Waals surface area contributed by atoms with Crippen molar-refractivity contribution >= 4 is 31.5 Å². The van der Waals surface area contributed by atoms with Crippen LogP contribution in [-0.2, 0) is 19.9 Å². The molecule has 3 heterocycles. The summed E-state index contributed by atoms with van der Waals surface area (Å²) in [5, 5.41) is 9.54. The number of rotatable bonds is 4. The summed E-state index contributed by atoms with van der Waals surface area (Å²) in [5.41, 5.74) is 0.932. The third-order valence-electron chi connectivity index (χ3n) is 6.67. The molecule has 152 valence electrons. The molecule has 2 saturated heterocycles. The zero-order valence-corrected chi connectivity index (χ0v) is 17.8. The summed E-state index contributed by atoms with van der Waals surface area (Å²) in [6, 6.07) is 5.63. The highest BCUT2D eigenvalue weighted by atomic mass is 28.4. The summed E-state index contributed by atoms with van der Waals surface area (Å²) >= 11 is 0. The first kappa shape index (κ1) is 19.6. The number of ether oxygens (including phenoxy) is 1. The molecule has 0 aliphatic carbocycles. The minimum Gasteiger partial charge on any atom is -0.432 e. The lowest BCUT2D eigenvalue weighted by Gasteiger charge is -2.33. The van der Waals surface area contributed by atoms with Gasteiger partial charge < -0.3 is 24.4 Å². The average Bonchev–Trinajstić information content (AvgIpc) is 3.02. The zero-order valence-electron chi connectivity index (χ0n) is 16.8. The normalized spacial score (nSPS) is 32.3. The van der Waals surface area contributed by atoms with E-state index < -0.39 is 13.9 Å². The molecule has 0 bridgehead atoms. The number of benzene rings is 1. The number of fused-ring (bicyclic) bond motifs is 2. The zero-order chi connectivity index (χ0) is 20.4. The van der Waals surface area contributed by atoms with Crippen LogP contribution in [0.1, 0.15) is 25.3 Å². The van der Waals surface area contributed by atoms with E-state index in [1.165, 1.54) is 0 Å². The van der Waals surface area contributed by atoms with Gasteiger partial charge in [0.05, 0.1) is 11.8 Å². The Morgan fingerprint density at radius 1 is 1.32 bits per heavy atom. The van der Waals surface area contributed by atoms with E-state index in [4.69, 9.17) is 4.74 Å². The maximum absolute atomic E-state index is 13.4. The predicted octanol–water partition coefficient (Wildman–Crippen LogP) is 1.58. The molecule has 3 aliphatic heterocycles. The topological polar surface area (TPSA) is 90.3 Å². The monoisotopic (exact) mass is 404 g/mol. The van der Waals surface area contributed by atoms with Crippen LogP contribution in [0, 0.1) is 5.92 Å². The Morgan fingerprint density at radius 3 is 2.57 bits per heavy atom. The molecular formula is C20H28N2O5Si. The van der Waals surface area contributed by atoms with Gasteiger partial charge in [-0.3, -0.25) is 9.59 Å². The molecule has 0 radical (unpaired) electrons. The van der Waals surface area contributed by atoms with E-state index in [9.17, 15) is 19.5 Å². The number of carbonyl (C=O) groups excluding carboxylic acids is 2. The number of aliphatic hydroxyl groups is 1. The third-order valence-corrected chi connectivity index (χ3v) is 9.18. The number of aliphatic hydroxyl groups excluding tert-OH is 1. The fourth-order valence-corrected chi connectivity index (χ4v) is 7.93. The molecule has 2 fully saturated rings. The Bertz CT molecular complexity index is 838. The van der Waals surface area contributed by atoms with Crippen LogP contribution in [0.2, 0.25) is 18.6 Å². The summed E-state index contributed by atoms with van der Waals surface area (Å²) in [7, 11) is -0.935. The highest BCUT2D eigenvalue weighted by molar-refractivity contribution is 6.71. The Kier molecular flexibility index (Phi) is 4.46. The Balaban J connectivity index is 1.84. The van der Waals surface area contributed by atoms with Crippen molar-refractivity contribution in [2.45, 2.75) is 50.1 Å². The highest BCUT2D eigenvalue weighted by Gasteiger charge is 2.65. The highest BCUT2D eigenvalue weighted by Crippen LogP contribution is 2.59. The Hall–Kier alpha value is -1.74. The van der Waals surface area contributed by atoms with E-state index in [-0.39, 0.29) is 36.0 Å². The van der Waals surface area contributed by atoms with Crippen LogP contribution in [0.3, 0.4) is 0 Å². The summed E-state index contributed by atoms with van der Waals surface area (Å²) in [4.78, 5) is 39.6. The molecule has 3 aliphatic rings. The number of β-lactam (4-membered cyclic amide) rings is 1. The number of likely N-dealkylation sites (N-methyl/N-ethyl adjacent to an activating group) is 1. The molecule has 0 unspecified atom stereocenters. The molecule has 7 nitrogen and oxygen atoms in total. The second-order valence-corrected chi connectivity index (χ2v) is 12.7. The number of hydrogen-bond donors (Lipinski definition) is 2. The van der Waals surface area contributed by atoms with Crippen LogP contribution in [0.25, 0.3) is 0 Å². The molecule has 1 aromatic carbocycles. The Labute approximate surface area is 166 Å². The van der Waals surface area contributed by atoms with Crippen molar-refractivity contribution in [2.24, 2.45) is 5.92 Å². The number of hydrogen-bond acceptors (Lipinski definition) is 5. The number of nitrogens with zero attached hydrogens (tertiary/aromatic N) is 2. The molecule has 1 spiro atoms. The van der Waals surface area contributed by atoms with Crippen molar-refractivity contribution in [1.82, 2.24) is 0 Å². The van der Waals surface area contributed by atoms with E-state index in [1.807, 2.05) is 38.2 Å². The Morgan fingerprint density at radius 2 is 2.04 bits per heavy atom. The molecule has 8 heteroatoms. The standard InChI is InChI=1S/C20H28N2O5Si/c1-12-18(28(3,4)26)16(8-10-23)27-20(12)14-11-13(22-9-7-17(22)24)5-6-15(14)21(2)19(20)25/h5-6,11-12,16,18,23,26H,7-10H2,1-4H3/t12-,16+,18-,20+/m0/s1. The first-order valence-electron chi connectivity index (χ1n) is 9.87. The van der Waals surface area contributed by atoms with E-state index in [0.717, 1.165) is 16.9 Å². The van der Waals surface area contributed by atoms with Gasteiger partial charge in [0.25, 0.3) is 5.91 Å². The number of anilines is 2. The number of amides is 2. The molecule has 4 rings (SSSR count). The van der Waals surface area contributed by atoms with Crippen molar-refractivity contribution in [1.29, 1.82) is 0 Å². The lowest BCUT2D eigenvalue weighted by Crippen LogP contribution is -2.45. The minimum absolute atomic E-state index is 0.0619.